The highest BCUT2D eigenvalue weighted by Gasteiger charge is 2.33. The molecule has 0 spiro atoms. The molecule has 13 heteroatoms. The van der Waals surface area contributed by atoms with E-state index in [1.54, 1.807) is 21.0 Å². The smallest absolute Gasteiger partial charge is 0.382 e. The number of nitrogens with two attached hydrogens (primary N) is 2. The minimum absolute atomic E-state index is 0.0291. The van der Waals surface area contributed by atoms with Crippen LogP contribution >= 0.6 is 15.9 Å². The van der Waals surface area contributed by atoms with Crippen molar-refractivity contribution in [3.63, 3.8) is 0 Å². The summed E-state index contributed by atoms with van der Waals surface area (Å²) in [5, 5.41) is 16.0. The van der Waals surface area contributed by atoms with Crippen LogP contribution in [0, 0.1) is 6.92 Å². The first-order valence-electron chi connectivity index (χ1n) is 7.86. The van der Waals surface area contributed by atoms with Crippen LogP contribution in [0.15, 0.2) is 28.9 Å². The zero-order valence-corrected chi connectivity index (χ0v) is 17.4. The molecule has 9 nitrogen and oxygen atoms in total. The third-order valence-electron chi connectivity index (χ3n) is 3.10. The van der Waals surface area contributed by atoms with Crippen molar-refractivity contribution >= 4 is 27.9 Å². The number of rotatable bonds is 2. The summed E-state index contributed by atoms with van der Waals surface area (Å²) in [7, 11) is 3.14. The third-order valence-corrected chi connectivity index (χ3v) is 3.80. The number of carbonyl (C=O) groups is 2. The van der Waals surface area contributed by atoms with Crippen LogP contribution in [0.4, 0.5) is 18.0 Å². The van der Waals surface area contributed by atoms with Gasteiger partial charge in [0.15, 0.2) is 5.69 Å². The summed E-state index contributed by atoms with van der Waals surface area (Å²) in [4.78, 5) is 21.1. The lowest BCUT2D eigenvalue weighted by Crippen LogP contribution is -2.28. The van der Waals surface area contributed by atoms with Crippen LogP contribution in [0.25, 0.3) is 5.69 Å². The van der Waals surface area contributed by atoms with Gasteiger partial charge in [0.05, 0.1) is 18.0 Å². The number of benzene rings is 1. The molecule has 7 N–H and O–H groups in total. The van der Waals surface area contributed by atoms with Gasteiger partial charge in [-0.15, -0.1) is 0 Å². The molecule has 0 fully saturated rings. The summed E-state index contributed by atoms with van der Waals surface area (Å²) >= 11 is 2.86. The Bertz CT molecular complexity index is 821. The lowest BCUT2D eigenvalue weighted by molar-refractivity contribution is -0.138. The molecular weight excluding hydrogens is 461 g/mol. The van der Waals surface area contributed by atoms with Crippen LogP contribution < -0.4 is 22.1 Å². The van der Waals surface area contributed by atoms with Crippen molar-refractivity contribution in [3.05, 3.63) is 45.7 Å². The summed E-state index contributed by atoms with van der Waals surface area (Å²) in [6.45, 7) is 1.35. The zero-order chi connectivity index (χ0) is 22.8. The maximum Gasteiger partial charge on any atom is 0.417 e. The van der Waals surface area contributed by atoms with Crippen molar-refractivity contribution < 1.29 is 27.9 Å². The van der Waals surface area contributed by atoms with Gasteiger partial charge >= 0.3 is 12.2 Å². The van der Waals surface area contributed by atoms with Gasteiger partial charge in [-0.05, 0) is 25.1 Å². The molecule has 0 saturated heterocycles. The average molecular weight is 483 g/mol. The second kappa shape index (κ2) is 12.0. The lowest BCUT2D eigenvalue weighted by Gasteiger charge is -2.11. The molecule has 1 aromatic carbocycles. The summed E-state index contributed by atoms with van der Waals surface area (Å²) < 4.78 is 39.6. The first-order chi connectivity index (χ1) is 13.4. The van der Waals surface area contributed by atoms with Crippen molar-refractivity contribution in [2.75, 3.05) is 20.8 Å². The van der Waals surface area contributed by atoms with Gasteiger partial charge in [0.1, 0.15) is 0 Å². The summed E-state index contributed by atoms with van der Waals surface area (Å²) in [6, 6.07) is 3.52. The predicted octanol–water partition coefficient (Wildman–Crippen LogP) is 1.50. The molecule has 0 unspecified atom stereocenters. The number of nitrogens with zero attached hydrogens (tertiary/aromatic N) is 2. The number of hydrogen-bond acceptors (Lipinski definition) is 5. The fraction of sp³-hybridized carbons (Fsp3) is 0.312. The van der Waals surface area contributed by atoms with Crippen molar-refractivity contribution in [1.29, 1.82) is 0 Å². The molecule has 1 aromatic heterocycles. The molecule has 162 valence electrons. The second-order valence-electron chi connectivity index (χ2n) is 5.14. The van der Waals surface area contributed by atoms with Crippen LogP contribution in [0.5, 0.6) is 0 Å². The number of aromatic nitrogens is 2. The number of aryl methyl sites for hydroxylation is 1. The monoisotopic (exact) mass is 482 g/mol. The molecule has 29 heavy (non-hydrogen) atoms. The topological polar surface area (TPSA) is 148 Å². The highest BCUT2D eigenvalue weighted by Crippen LogP contribution is 2.35. The number of carbonyl (C=O) groups excluding carboxylic acids is 2. The van der Waals surface area contributed by atoms with E-state index >= 15 is 0 Å². The molecular formula is C16H22BrF3N6O3. The summed E-state index contributed by atoms with van der Waals surface area (Å²) in [5.74, 6) is -0.727. The molecule has 0 aliphatic carbocycles. The van der Waals surface area contributed by atoms with Crippen LogP contribution in [-0.4, -0.2) is 47.7 Å². The molecule has 2 rings (SSSR count). The Kier molecular flexibility index (Phi) is 10.9. The first-order valence-corrected chi connectivity index (χ1v) is 8.65. The minimum Gasteiger partial charge on any atom is -0.382 e. The van der Waals surface area contributed by atoms with Crippen molar-refractivity contribution in [2.24, 2.45) is 11.5 Å². The standard InChI is InChI=1S/C12H9BrF3N3O.C3H8N2O.CH5NO/c1-6-5-19(18-10(6)11(17)20)7-2-3-9(13)8(4-7)12(14,15)16;1-4-3(6)5-2;2-1-3/h2-5H,1H3,(H2,17,20);1-2H3,(H2,4,5,6);3H,1-2H2. The van der Waals surface area contributed by atoms with Gasteiger partial charge in [0.2, 0.25) is 0 Å². The molecule has 1 heterocycles. The van der Waals surface area contributed by atoms with Crippen molar-refractivity contribution in [2.45, 2.75) is 13.1 Å². The number of alkyl halides is 3. The molecule has 0 atom stereocenters. The molecule has 3 amide bonds. The molecule has 0 aliphatic heterocycles. The minimum atomic E-state index is -4.48. The Balaban J connectivity index is 0.000000736. The highest BCUT2D eigenvalue weighted by molar-refractivity contribution is 9.10. The number of aliphatic hydroxyl groups excluding tert-OH is 1. The SMILES string of the molecule is CNC(=O)NC.Cc1cn(-c2ccc(Br)c(C(F)(F)F)c2)nc1C(N)=O.NCO. The van der Waals surface area contributed by atoms with E-state index in [1.165, 1.54) is 23.0 Å². The number of primary amides is 1. The number of amides is 3. The van der Waals surface area contributed by atoms with Crippen LogP contribution in [0.2, 0.25) is 0 Å². The maximum absolute atomic E-state index is 12.8. The van der Waals surface area contributed by atoms with Gasteiger partial charge in [0.25, 0.3) is 5.91 Å². The molecule has 0 aliphatic rings. The largest absolute Gasteiger partial charge is 0.417 e. The van der Waals surface area contributed by atoms with E-state index in [4.69, 9.17) is 10.8 Å². The van der Waals surface area contributed by atoms with E-state index in [9.17, 15) is 22.8 Å². The maximum atomic E-state index is 12.8. The molecule has 2 aromatic rings. The number of hydrogen-bond donors (Lipinski definition) is 5. The van der Waals surface area contributed by atoms with Gasteiger partial charge in [-0.2, -0.15) is 18.3 Å². The van der Waals surface area contributed by atoms with E-state index in [1.807, 2.05) is 0 Å². The van der Waals surface area contributed by atoms with Gasteiger partial charge in [-0.25, -0.2) is 9.48 Å². The van der Waals surface area contributed by atoms with Gasteiger partial charge in [0, 0.05) is 30.3 Å². The van der Waals surface area contributed by atoms with E-state index in [0.717, 1.165) is 6.07 Å². The normalized spacial score (nSPS) is 10.1. The molecule has 0 radical (unpaired) electrons. The van der Waals surface area contributed by atoms with Gasteiger partial charge < -0.3 is 27.2 Å². The number of nitrogens with one attached hydrogen (secondary N) is 2. The van der Waals surface area contributed by atoms with E-state index in [-0.39, 0.29) is 28.6 Å². The summed E-state index contributed by atoms with van der Waals surface area (Å²) in [6.07, 6.45) is -3.03. The Labute approximate surface area is 173 Å². The molecule has 0 saturated carbocycles. The second-order valence-corrected chi connectivity index (χ2v) is 6.00. The predicted molar refractivity (Wildman–Crippen MR) is 104 cm³/mol. The Morgan fingerprint density at radius 2 is 1.79 bits per heavy atom. The third kappa shape index (κ3) is 8.50. The van der Waals surface area contributed by atoms with E-state index in [0.29, 0.717) is 5.56 Å². The average Bonchev–Trinajstić information content (AvgIpc) is 3.03. The van der Waals surface area contributed by atoms with Crippen molar-refractivity contribution in [3.8, 4) is 5.69 Å². The number of urea groups is 1. The zero-order valence-electron chi connectivity index (χ0n) is 15.8. The Morgan fingerprint density at radius 3 is 2.14 bits per heavy atom. The van der Waals surface area contributed by atoms with E-state index < -0.39 is 17.6 Å². The number of aliphatic hydroxyl groups is 1. The van der Waals surface area contributed by atoms with E-state index in [2.05, 4.69) is 37.4 Å². The number of halogens is 4. The van der Waals surface area contributed by atoms with Gasteiger partial charge in [-0.1, -0.05) is 15.9 Å². The first kappa shape index (κ1) is 26.4. The van der Waals surface area contributed by atoms with Crippen molar-refractivity contribution in [1.82, 2.24) is 20.4 Å². The molecule has 0 bridgehead atoms. The van der Waals surface area contributed by atoms with Crippen LogP contribution in [-0.2, 0) is 6.18 Å². The van der Waals surface area contributed by atoms with Crippen LogP contribution in [0.3, 0.4) is 0 Å². The summed E-state index contributed by atoms with van der Waals surface area (Å²) in [5.41, 5.74) is 9.43. The van der Waals surface area contributed by atoms with Gasteiger partial charge in [-0.3, -0.25) is 4.79 Å². The fourth-order valence-corrected chi connectivity index (χ4v) is 2.31. The lowest BCUT2D eigenvalue weighted by atomic mass is 10.2. The quantitative estimate of drug-likeness (QED) is 0.411. The highest BCUT2D eigenvalue weighted by atomic mass is 79.9. The fourth-order valence-electron chi connectivity index (χ4n) is 1.83. The Hall–Kier alpha value is -2.64. The van der Waals surface area contributed by atoms with Crippen LogP contribution in [0.1, 0.15) is 21.6 Å². The Morgan fingerprint density at radius 1 is 1.28 bits per heavy atom.